The maximum Gasteiger partial charge on any atom is 0.0556 e. The lowest BCUT2D eigenvalue weighted by Gasteiger charge is -2.32. The van der Waals surface area contributed by atoms with Gasteiger partial charge in [0.25, 0.3) is 0 Å². The topological polar surface area (TPSA) is 3.24 Å². The van der Waals surface area contributed by atoms with E-state index in [0.717, 1.165) is 6.54 Å². The summed E-state index contributed by atoms with van der Waals surface area (Å²) >= 11 is 0. The number of nitrogens with zero attached hydrogens (tertiary/aromatic N) is 1. The van der Waals surface area contributed by atoms with Gasteiger partial charge >= 0.3 is 0 Å². The summed E-state index contributed by atoms with van der Waals surface area (Å²) in [5.41, 5.74) is 2.88. The lowest BCUT2D eigenvalue weighted by atomic mass is 9.95. The molecule has 1 aromatic carbocycles. The van der Waals surface area contributed by atoms with Crippen LogP contribution in [0.1, 0.15) is 24.9 Å². The Labute approximate surface area is 86.1 Å². The third-order valence-corrected chi connectivity index (χ3v) is 2.94. The van der Waals surface area contributed by atoms with Gasteiger partial charge in [0.05, 0.1) is 6.04 Å². The van der Waals surface area contributed by atoms with Crippen LogP contribution in [0.5, 0.6) is 0 Å². The first-order chi connectivity index (χ1) is 6.79. The van der Waals surface area contributed by atoms with Crippen molar-refractivity contribution in [1.29, 1.82) is 0 Å². The van der Waals surface area contributed by atoms with Gasteiger partial charge in [0.1, 0.15) is 0 Å². The standard InChI is InChI=1S/C13H17N/c1-11-7-6-10-14(2)13(11)12-8-4-3-5-9-12/h3-5,7-9,13H,6,10H2,1-2H3/t13-/m1/s1. The molecule has 0 spiro atoms. The van der Waals surface area contributed by atoms with Gasteiger partial charge in [-0.1, -0.05) is 42.0 Å². The van der Waals surface area contributed by atoms with Crippen molar-refractivity contribution in [3.63, 3.8) is 0 Å². The van der Waals surface area contributed by atoms with Crippen LogP contribution in [0.4, 0.5) is 0 Å². The molecule has 1 nitrogen and oxygen atoms in total. The average Bonchev–Trinajstić information content (AvgIpc) is 2.19. The van der Waals surface area contributed by atoms with Gasteiger partial charge in [-0.25, -0.2) is 0 Å². The molecule has 74 valence electrons. The summed E-state index contributed by atoms with van der Waals surface area (Å²) < 4.78 is 0. The van der Waals surface area contributed by atoms with E-state index in [-0.39, 0.29) is 0 Å². The molecule has 1 heteroatoms. The molecule has 0 radical (unpaired) electrons. The fourth-order valence-corrected chi connectivity index (χ4v) is 2.24. The van der Waals surface area contributed by atoms with Gasteiger partial charge in [-0.2, -0.15) is 0 Å². The Kier molecular flexibility index (Phi) is 2.69. The highest BCUT2D eigenvalue weighted by Crippen LogP contribution is 2.30. The largest absolute Gasteiger partial charge is 0.295 e. The van der Waals surface area contributed by atoms with E-state index in [1.165, 1.54) is 17.6 Å². The lowest BCUT2D eigenvalue weighted by Crippen LogP contribution is -2.29. The molecule has 0 N–H and O–H groups in total. The molecular formula is C13H17N. The van der Waals surface area contributed by atoms with Gasteiger partial charge in [-0.3, -0.25) is 4.90 Å². The first kappa shape index (κ1) is 9.47. The van der Waals surface area contributed by atoms with Crippen LogP contribution in [0.2, 0.25) is 0 Å². The van der Waals surface area contributed by atoms with E-state index in [1.807, 2.05) is 0 Å². The second-order valence-electron chi connectivity index (χ2n) is 4.03. The molecule has 0 fully saturated rings. The molecule has 0 aliphatic carbocycles. The van der Waals surface area contributed by atoms with Crippen LogP contribution in [0, 0.1) is 0 Å². The first-order valence-corrected chi connectivity index (χ1v) is 5.21. The zero-order chi connectivity index (χ0) is 9.97. The Bertz CT molecular complexity index is 326. The molecule has 0 saturated carbocycles. The minimum absolute atomic E-state index is 0.491. The quantitative estimate of drug-likeness (QED) is 0.611. The van der Waals surface area contributed by atoms with Crippen molar-refractivity contribution in [1.82, 2.24) is 4.90 Å². The zero-order valence-corrected chi connectivity index (χ0v) is 8.90. The molecular weight excluding hydrogens is 170 g/mol. The minimum Gasteiger partial charge on any atom is -0.295 e. The Morgan fingerprint density at radius 1 is 1.21 bits per heavy atom. The van der Waals surface area contributed by atoms with Crippen LogP contribution in [0.3, 0.4) is 0 Å². The molecule has 2 rings (SSSR count). The Hall–Kier alpha value is -1.08. The molecule has 1 aliphatic heterocycles. The smallest absolute Gasteiger partial charge is 0.0556 e. The van der Waals surface area contributed by atoms with Crippen molar-refractivity contribution in [3.05, 3.63) is 47.5 Å². The zero-order valence-electron chi connectivity index (χ0n) is 8.90. The van der Waals surface area contributed by atoms with Crippen LogP contribution >= 0.6 is 0 Å². The van der Waals surface area contributed by atoms with Crippen molar-refractivity contribution < 1.29 is 0 Å². The second kappa shape index (κ2) is 3.97. The normalized spacial score (nSPS) is 23.3. The molecule has 1 aliphatic rings. The molecule has 0 amide bonds. The summed E-state index contributed by atoms with van der Waals surface area (Å²) in [4.78, 5) is 2.42. The van der Waals surface area contributed by atoms with Crippen molar-refractivity contribution in [2.24, 2.45) is 0 Å². The van der Waals surface area contributed by atoms with Crippen LogP contribution in [-0.4, -0.2) is 18.5 Å². The van der Waals surface area contributed by atoms with Crippen molar-refractivity contribution in [2.75, 3.05) is 13.6 Å². The Morgan fingerprint density at radius 3 is 2.57 bits per heavy atom. The van der Waals surface area contributed by atoms with Gasteiger partial charge in [0.2, 0.25) is 0 Å². The highest BCUT2D eigenvalue weighted by atomic mass is 15.1. The summed E-state index contributed by atoms with van der Waals surface area (Å²) in [6.45, 7) is 3.39. The lowest BCUT2D eigenvalue weighted by molar-refractivity contribution is 0.266. The first-order valence-electron chi connectivity index (χ1n) is 5.21. The third kappa shape index (κ3) is 1.73. The van der Waals surface area contributed by atoms with E-state index in [4.69, 9.17) is 0 Å². The van der Waals surface area contributed by atoms with Crippen LogP contribution in [0.15, 0.2) is 42.0 Å². The summed E-state index contributed by atoms with van der Waals surface area (Å²) in [5.74, 6) is 0. The van der Waals surface area contributed by atoms with Gasteiger partial charge in [0.15, 0.2) is 0 Å². The highest BCUT2D eigenvalue weighted by molar-refractivity contribution is 5.28. The average molecular weight is 187 g/mol. The molecule has 0 aromatic heterocycles. The fraction of sp³-hybridized carbons (Fsp3) is 0.385. The fourth-order valence-electron chi connectivity index (χ4n) is 2.24. The van der Waals surface area contributed by atoms with Crippen molar-refractivity contribution in [2.45, 2.75) is 19.4 Å². The number of likely N-dealkylation sites (N-methyl/N-ethyl adjacent to an activating group) is 1. The van der Waals surface area contributed by atoms with E-state index in [2.05, 4.69) is 55.3 Å². The summed E-state index contributed by atoms with van der Waals surface area (Å²) in [7, 11) is 2.20. The van der Waals surface area contributed by atoms with E-state index < -0.39 is 0 Å². The van der Waals surface area contributed by atoms with Crippen LogP contribution in [0.25, 0.3) is 0 Å². The molecule has 14 heavy (non-hydrogen) atoms. The molecule has 0 saturated heterocycles. The molecule has 1 atom stereocenters. The molecule has 0 bridgehead atoms. The predicted molar refractivity (Wildman–Crippen MR) is 60.2 cm³/mol. The van der Waals surface area contributed by atoms with E-state index in [9.17, 15) is 0 Å². The van der Waals surface area contributed by atoms with Crippen LogP contribution in [-0.2, 0) is 0 Å². The van der Waals surface area contributed by atoms with Crippen molar-refractivity contribution in [3.8, 4) is 0 Å². The number of benzene rings is 1. The van der Waals surface area contributed by atoms with E-state index in [0.29, 0.717) is 6.04 Å². The maximum atomic E-state index is 2.42. The molecule has 1 heterocycles. The van der Waals surface area contributed by atoms with E-state index >= 15 is 0 Å². The summed E-state index contributed by atoms with van der Waals surface area (Å²) in [6.07, 6.45) is 3.54. The number of rotatable bonds is 1. The second-order valence-corrected chi connectivity index (χ2v) is 4.03. The van der Waals surface area contributed by atoms with Gasteiger partial charge in [-0.15, -0.1) is 0 Å². The minimum atomic E-state index is 0.491. The van der Waals surface area contributed by atoms with Gasteiger partial charge in [-0.05, 0) is 26.0 Å². The Morgan fingerprint density at radius 2 is 1.93 bits per heavy atom. The van der Waals surface area contributed by atoms with Gasteiger partial charge in [0, 0.05) is 6.54 Å². The van der Waals surface area contributed by atoms with E-state index in [1.54, 1.807) is 0 Å². The summed E-state index contributed by atoms with van der Waals surface area (Å²) in [6, 6.07) is 11.2. The van der Waals surface area contributed by atoms with Gasteiger partial charge < -0.3 is 0 Å². The highest BCUT2D eigenvalue weighted by Gasteiger charge is 2.20. The Balaban J connectivity index is 2.32. The number of hydrogen-bond donors (Lipinski definition) is 0. The monoisotopic (exact) mass is 187 g/mol. The summed E-state index contributed by atoms with van der Waals surface area (Å²) in [5, 5.41) is 0. The van der Waals surface area contributed by atoms with Crippen LogP contribution < -0.4 is 0 Å². The third-order valence-electron chi connectivity index (χ3n) is 2.94. The maximum absolute atomic E-state index is 2.42. The number of hydrogen-bond acceptors (Lipinski definition) is 1. The molecule has 1 aromatic rings. The predicted octanol–water partition coefficient (Wildman–Crippen LogP) is 3.01. The van der Waals surface area contributed by atoms with Crippen molar-refractivity contribution >= 4 is 0 Å². The molecule has 0 unspecified atom stereocenters. The SMILES string of the molecule is CC1=CCCN(C)[C@H]1c1ccccc1.